The van der Waals surface area contributed by atoms with E-state index < -0.39 is 0 Å². The van der Waals surface area contributed by atoms with Crippen LogP contribution in [0.25, 0.3) is 0 Å². The number of oxazole rings is 1. The van der Waals surface area contributed by atoms with Gasteiger partial charge in [0.2, 0.25) is 0 Å². The van der Waals surface area contributed by atoms with Crippen molar-refractivity contribution in [2.24, 2.45) is 0 Å². The van der Waals surface area contributed by atoms with Crippen LogP contribution in [0.3, 0.4) is 0 Å². The van der Waals surface area contributed by atoms with Crippen molar-refractivity contribution in [3.8, 4) is 0 Å². The standard InChI is InChI=1S/C14H18N2O/c1-9-5-6-10(2)12(7-9)8-13-11(3)17-14(15-4)16-13/h5-7H,8H2,1-4H3,(H,15,16). The molecule has 90 valence electrons. The largest absolute Gasteiger partial charge is 0.429 e. The highest BCUT2D eigenvalue weighted by atomic mass is 16.4. The van der Waals surface area contributed by atoms with E-state index in [9.17, 15) is 0 Å². The first-order valence-corrected chi connectivity index (χ1v) is 5.80. The lowest BCUT2D eigenvalue weighted by molar-refractivity contribution is 0.541. The van der Waals surface area contributed by atoms with Crippen molar-refractivity contribution in [1.29, 1.82) is 0 Å². The minimum Gasteiger partial charge on any atom is -0.429 e. The lowest BCUT2D eigenvalue weighted by atomic mass is 10.0. The molecule has 0 aliphatic heterocycles. The first kappa shape index (κ1) is 11.7. The summed E-state index contributed by atoms with van der Waals surface area (Å²) >= 11 is 0. The SMILES string of the molecule is CNc1nc(Cc2cc(C)ccc2C)c(C)o1. The molecule has 0 saturated carbocycles. The van der Waals surface area contributed by atoms with Gasteiger partial charge in [-0.15, -0.1) is 0 Å². The number of nitrogens with zero attached hydrogens (tertiary/aromatic N) is 1. The summed E-state index contributed by atoms with van der Waals surface area (Å²) in [6.45, 7) is 6.19. The van der Waals surface area contributed by atoms with Gasteiger partial charge in [-0.3, -0.25) is 0 Å². The highest BCUT2D eigenvalue weighted by Gasteiger charge is 2.10. The first-order valence-electron chi connectivity index (χ1n) is 5.80. The summed E-state index contributed by atoms with van der Waals surface area (Å²) in [6.07, 6.45) is 0.824. The fourth-order valence-corrected chi connectivity index (χ4v) is 1.87. The lowest BCUT2D eigenvalue weighted by Gasteiger charge is -2.05. The zero-order valence-electron chi connectivity index (χ0n) is 10.8. The molecule has 0 aliphatic rings. The summed E-state index contributed by atoms with van der Waals surface area (Å²) in [5.41, 5.74) is 4.89. The van der Waals surface area contributed by atoms with Crippen LogP contribution in [0.1, 0.15) is 28.1 Å². The van der Waals surface area contributed by atoms with E-state index in [0.29, 0.717) is 6.01 Å². The zero-order valence-corrected chi connectivity index (χ0v) is 10.8. The Morgan fingerprint density at radius 2 is 2.00 bits per heavy atom. The van der Waals surface area contributed by atoms with Gasteiger partial charge in [0.25, 0.3) is 6.01 Å². The van der Waals surface area contributed by atoms with Gasteiger partial charge in [-0.25, -0.2) is 0 Å². The molecule has 0 unspecified atom stereocenters. The van der Waals surface area contributed by atoms with Crippen molar-refractivity contribution in [2.45, 2.75) is 27.2 Å². The Balaban J connectivity index is 2.30. The van der Waals surface area contributed by atoms with Crippen LogP contribution >= 0.6 is 0 Å². The summed E-state index contributed by atoms with van der Waals surface area (Å²) in [5.74, 6) is 0.884. The van der Waals surface area contributed by atoms with E-state index >= 15 is 0 Å². The van der Waals surface area contributed by atoms with E-state index in [-0.39, 0.29) is 0 Å². The highest BCUT2D eigenvalue weighted by molar-refractivity contribution is 5.35. The van der Waals surface area contributed by atoms with Crippen LogP contribution in [-0.4, -0.2) is 12.0 Å². The van der Waals surface area contributed by atoms with Crippen LogP contribution in [0.2, 0.25) is 0 Å². The van der Waals surface area contributed by atoms with Gasteiger partial charge in [0, 0.05) is 13.5 Å². The van der Waals surface area contributed by atoms with E-state index in [4.69, 9.17) is 4.42 Å². The second-order valence-corrected chi connectivity index (χ2v) is 4.38. The Bertz CT molecular complexity index is 529. The Kier molecular flexibility index (Phi) is 3.18. The molecule has 0 bridgehead atoms. The van der Waals surface area contributed by atoms with E-state index in [1.165, 1.54) is 16.7 Å². The Morgan fingerprint density at radius 1 is 1.24 bits per heavy atom. The van der Waals surface area contributed by atoms with Gasteiger partial charge in [-0.1, -0.05) is 23.8 Å². The van der Waals surface area contributed by atoms with Crippen molar-refractivity contribution >= 4 is 6.01 Å². The number of aryl methyl sites for hydroxylation is 3. The monoisotopic (exact) mass is 230 g/mol. The number of hydrogen-bond acceptors (Lipinski definition) is 3. The maximum absolute atomic E-state index is 5.48. The van der Waals surface area contributed by atoms with Crippen molar-refractivity contribution in [1.82, 2.24) is 4.98 Å². The number of rotatable bonds is 3. The number of hydrogen-bond donors (Lipinski definition) is 1. The summed E-state index contributed by atoms with van der Waals surface area (Å²) in [4.78, 5) is 4.42. The van der Waals surface area contributed by atoms with Gasteiger partial charge in [0.15, 0.2) is 0 Å². The van der Waals surface area contributed by atoms with Crippen LogP contribution in [0.4, 0.5) is 6.01 Å². The van der Waals surface area contributed by atoms with E-state index in [2.05, 4.69) is 42.3 Å². The maximum atomic E-state index is 5.48. The van der Waals surface area contributed by atoms with E-state index in [0.717, 1.165) is 17.9 Å². The summed E-state index contributed by atoms with van der Waals surface area (Å²) in [5, 5.41) is 2.92. The molecule has 0 aliphatic carbocycles. The summed E-state index contributed by atoms with van der Waals surface area (Å²) in [6, 6.07) is 7.08. The van der Waals surface area contributed by atoms with Gasteiger partial charge in [-0.2, -0.15) is 4.98 Å². The van der Waals surface area contributed by atoms with Crippen LogP contribution in [0, 0.1) is 20.8 Å². The van der Waals surface area contributed by atoms with Gasteiger partial charge in [0.05, 0.1) is 5.69 Å². The Morgan fingerprint density at radius 3 is 2.65 bits per heavy atom. The predicted molar refractivity (Wildman–Crippen MR) is 69.5 cm³/mol. The average molecular weight is 230 g/mol. The second kappa shape index (κ2) is 4.62. The lowest BCUT2D eigenvalue weighted by Crippen LogP contribution is -1.95. The smallest absolute Gasteiger partial charge is 0.294 e. The molecule has 0 amide bonds. The van der Waals surface area contributed by atoms with Crippen molar-refractivity contribution < 1.29 is 4.42 Å². The third-order valence-electron chi connectivity index (χ3n) is 2.97. The molecule has 1 N–H and O–H groups in total. The van der Waals surface area contributed by atoms with Crippen molar-refractivity contribution in [3.05, 3.63) is 46.3 Å². The Labute approximate surface area is 102 Å². The molecule has 1 aromatic heterocycles. The molecule has 0 radical (unpaired) electrons. The molecule has 0 fully saturated rings. The molecule has 0 atom stereocenters. The minimum absolute atomic E-state index is 0.586. The number of nitrogens with one attached hydrogen (secondary N) is 1. The quantitative estimate of drug-likeness (QED) is 0.879. The molecule has 2 aromatic rings. The molecule has 1 aromatic carbocycles. The summed E-state index contributed by atoms with van der Waals surface area (Å²) in [7, 11) is 1.81. The van der Waals surface area contributed by atoms with Gasteiger partial charge in [-0.05, 0) is 31.9 Å². The summed E-state index contributed by atoms with van der Waals surface area (Å²) < 4.78 is 5.48. The Hall–Kier alpha value is -1.77. The molecule has 3 heteroatoms. The van der Waals surface area contributed by atoms with Crippen LogP contribution < -0.4 is 5.32 Å². The molecule has 0 spiro atoms. The predicted octanol–water partition coefficient (Wildman–Crippen LogP) is 3.23. The van der Waals surface area contributed by atoms with Crippen LogP contribution in [0.15, 0.2) is 22.6 Å². The van der Waals surface area contributed by atoms with Gasteiger partial charge in [0.1, 0.15) is 5.76 Å². The molecule has 3 nitrogen and oxygen atoms in total. The molecular formula is C14H18N2O. The number of benzene rings is 1. The molecule has 17 heavy (non-hydrogen) atoms. The van der Waals surface area contributed by atoms with E-state index in [1.54, 1.807) is 0 Å². The fraction of sp³-hybridized carbons (Fsp3) is 0.357. The molecule has 1 heterocycles. The highest BCUT2D eigenvalue weighted by Crippen LogP contribution is 2.20. The fourth-order valence-electron chi connectivity index (χ4n) is 1.87. The molecule has 0 saturated heterocycles. The normalized spacial score (nSPS) is 10.6. The first-order chi connectivity index (χ1) is 8.10. The minimum atomic E-state index is 0.586. The third-order valence-corrected chi connectivity index (χ3v) is 2.97. The topological polar surface area (TPSA) is 38.1 Å². The average Bonchev–Trinajstić information content (AvgIpc) is 2.65. The maximum Gasteiger partial charge on any atom is 0.294 e. The van der Waals surface area contributed by atoms with Crippen LogP contribution in [-0.2, 0) is 6.42 Å². The third kappa shape index (κ3) is 2.49. The zero-order chi connectivity index (χ0) is 12.4. The van der Waals surface area contributed by atoms with Crippen LogP contribution in [0.5, 0.6) is 0 Å². The number of anilines is 1. The van der Waals surface area contributed by atoms with Crippen molar-refractivity contribution in [3.63, 3.8) is 0 Å². The van der Waals surface area contributed by atoms with Gasteiger partial charge >= 0.3 is 0 Å². The molecule has 2 rings (SSSR count). The van der Waals surface area contributed by atoms with Gasteiger partial charge < -0.3 is 9.73 Å². The number of aromatic nitrogens is 1. The second-order valence-electron chi connectivity index (χ2n) is 4.38. The van der Waals surface area contributed by atoms with Crippen molar-refractivity contribution in [2.75, 3.05) is 12.4 Å². The van der Waals surface area contributed by atoms with E-state index in [1.807, 2.05) is 14.0 Å². The molecular weight excluding hydrogens is 212 g/mol.